The third-order valence-corrected chi connectivity index (χ3v) is 4.79. The van der Waals surface area contributed by atoms with Crippen LogP contribution in [0.4, 0.5) is 5.82 Å². The predicted molar refractivity (Wildman–Crippen MR) is 105 cm³/mol. The molecule has 0 saturated carbocycles. The number of anilines is 1. The predicted octanol–water partition coefficient (Wildman–Crippen LogP) is 4.24. The molecule has 138 valence electrons. The number of carbonyl (C=O) groups excluding carboxylic acids is 1. The first-order valence-corrected chi connectivity index (χ1v) is 9.25. The Balaban J connectivity index is 1.87. The highest BCUT2D eigenvalue weighted by Gasteiger charge is 2.35. The van der Waals surface area contributed by atoms with Crippen molar-refractivity contribution in [2.24, 2.45) is 0 Å². The lowest BCUT2D eigenvalue weighted by molar-refractivity contribution is 0.0726. The second-order valence-electron chi connectivity index (χ2n) is 7.87. The number of nitrogens with zero attached hydrogens (tertiary/aromatic N) is 3. The number of hydrogen-bond donors (Lipinski definition) is 1. The van der Waals surface area contributed by atoms with E-state index >= 15 is 0 Å². The Hall–Kier alpha value is -2.14. The van der Waals surface area contributed by atoms with Gasteiger partial charge in [-0.3, -0.25) is 4.79 Å². The summed E-state index contributed by atoms with van der Waals surface area (Å²) in [4.78, 5) is 22.9. The van der Waals surface area contributed by atoms with Gasteiger partial charge in [-0.25, -0.2) is 9.97 Å². The summed E-state index contributed by atoms with van der Waals surface area (Å²) < 4.78 is 0. The first kappa shape index (κ1) is 18.6. The molecule has 26 heavy (non-hydrogen) atoms. The monoisotopic (exact) mass is 372 g/mol. The van der Waals surface area contributed by atoms with Gasteiger partial charge in [0.1, 0.15) is 11.5 Å². The summed E-state index contributed by atoms with van der Waals surface area (Å²) in [6, 6.07) is 8.61. The number of amides is 1. The van der Waals surface area contributed by atoms with E-state index in [9.17, 15) is 4.79 Å². The van der Waals surface area contributed by atoms with Crippen LogP contribution >= 0.6 is 11.6 Å². The number of halogens is 1. The van der Waals surface area contributed by atoms with Crippen LogP contribution in [0.5, 0.6) is 0 Å². The molecule has 1 aromatic heterocycles. The van der Waals surface area contributed by atoms with Gasteiger partial charge in [-0.05, 0) is 58.2 Å². The van der Waals surface area contributed by atoms with Crippen LogP contribution in [-0.2, 0) is 13.0 Å². The topological polar surface area (TPSA) is 58.1 Å². The van der Waals surface area contributed by atoms with Crippen LogP contribution in [0.1, 0.15) is 54.9 Å². The molecule has 0 atom stereocenters. The lowest BCUT2D eigenvalue weighted by Gasteiger charge is -2.28. The summed E-state index contributed by atoms with van der Waals surface area (Å²) in [5, 5.41) is 3.58. The molecule has 2 aromatic rings. The summed E-state index contributed by atoms with van der Waals surface area (Å²) in [6.07, 6.45) is 0.825. The minimum atomic E-state index is -0.255. The van der Waals surface area contributed by atoms with E-state index in [4.69, 9.17) is 11.6 Å². The fraction of sp³-hybridized carbons (Fsp3) is 0.450. The lowest BCUT2D eigenvalue weighted by Crippen LogP contribution is -2.34. The number of benzene rings is 1. The maximum atomic E-state index is 12.6. The molecule has 0 spiro atoms. The zero-order chi connectivity index (χ0) is 19.1. The second kappa shape index (κ2) is 6.88. The molecule has 0 unspecified atom stereocenters. The van der Waals surface area contributed by atoms with Crippen molar-refractivity contribution < 1.29 is 4.79 Å². The summed E-state index contributed by atoms with van der Waals surface area (Å²) in [5.41, 5.74) is 3.46. The van der Waals surface area contributed by atoms with Crippen LogP contribution in [0.3, 0.4) is 0 Å². The standard InChI is InChI=1S/C20H25ClN4O/c1-12(2)25-11-15-16(18(25)26)22-19(21)23-17(15)24-20(4,5)10-14-8-6-13(3)7-9-14/h6-9,12H,10-11H2,1-5H3,(H,22,23,24). The number of aromatic nitrogens is 2. The zero-order valence-electron chi connectivity index (χ0n) is 15.9. The Labute approximate surface area is 159 Å². The van der Waals surface area contributed by atoms with Gasteiger partial charge < -0.3 is 10.2 Å². The van der Waals surface area contributed by atoms with E-state index in [0.29, 0.717) is 18.1 Å². The maximum absolute atomic E-state index is 12.6. The summed E-state index contributed by atoms with van der Waals surface area (Å²) >= 11 is 6.09. The number of hydrogen-bond acceptors (Lipinski definition) is 4. The Morgan fingerprint density at radius 3 is 2.50 bits per heavy atom. The number of nitrogens with one attached hydrogen (secondary N) is 1. The van der Waals surface area contributed by atoms with E-state index in [1.54, 1.807) is 4.90 Å². The normalized spacial score (nSPS) is 14.1. The average Bonchev–Trinajstić information content (AvgIpc) is 2.87. The van der Waals surface area contributed by atoms with E-state index < -0.39 is 0 Å². The highest BCUT2D eigenvalue weighted by Crippen LogP contribution is 2.31. The van der Waals surface area contributed by atoms with Crippen molar-refractivity contribution in [2.75, 3.05) is 5.32 Å². The largest absolute Gasteiger partial charge is 0.364 e. The molecular weight excluding hydrogens is 348 g/mol. The third-order valence-electron chi connectivity index (χ3n) is 4.62. The average molecular weight is 373 g/mol. The molecule has 5 nitrogen and oxygen atoms in total. The van der Waals surface area contributed by atoms with E-state index in [2.05, 4.69) is 60.3 Å². The fourth-order valence-electron chi connectivity index (χ4n) is 3.26. The maximum Gasteiger partial charge on any atom is 0.273 e. The molecule has 0 bridgehead atoms. The number of carbonyl (C=O) groups is 1. The number of aryl methyl sites for hydroxylation is 1. The summed E-state index contributed by atoms with van der Waals surface area (Å²) in [7, 11) is 0. The van der Waals surface area contributed by atoms with Crippen LogP contribution in [0.2, 0.25) is 5.28 Å². The highest BCUT2D eigenvalue weighted by atomic mass is 35.5. The molecule has 3 rings (SSSR count). The smallest absolute Gasteiger partial charge is 0.273 e. The van der Waals surface area contributed by atoms with Gasteiger partial charge >= 0.3 is 0 Å². The van der Waals surface area contributed by atoms with Gasteiger partial charge in [-0.1, -0.05) is 29.8 Å². The molecule has 0 aliphatic carbocycles. The molecule has 0 fully saturated rings. The van der Waals surface area contributed by atoms with Crippen molar-refractivity contribution in [3.05, 3.63) is 51.9 Å². The molecule has 2 heterocycles. The van der Waals surface area contributed by atoms with Crippen LogP contribution in [0.25, 0.3) is 0 Å². The van der Waals surface area contributed by atoms with Crippen LogP contribution in [0.15, 0.2) is 24.3 Å². The highest BCUT2D eigenvalue weighted by molar-refractivity contribution is 6.28. The number of fused-ring (bicyclic) bond motifs is 1. The van der Waals surface area contributed by atoms with Gasteiger partial charge in [0.25, 0.3) is 5.91 Å². The molecular formula is C20H25ClN4O. The van der Waals surface area contributed by atoms with Crippen molar-refractivity contribution in [1.82, 2.24) is 14.9 Å². The van der Waals surface area contributed by atoms with E-state index in [0.717, 1.165) is 12.0 Å². The lowest BCUT2D eigenvalue weighted by atomic mass is 9.94. The van der Waals surface area contributed by atoms with Gasteiger partial charge in [0.15, 0.2) is 0 Å². The van der Waals surface area contributed by atoms with E-state index in [1.807, 2.05) is 13.8 Å². The van der Waals surface area contributed by atoms with Crippen LogP contribution in [-0.4, -0.2) is 32.4 Å². The van der Waals surface area contributed by atoms with Crippen molar-refractivity contribution in [3.8, 4) is 0 Å². The molecule has 1 aromatic carbocycles. The van der Waals surface area contributed by atoms with Gasteiger partial charge in [0.2, 0.25) is 5.28 Å². The van der Waals surface area contributed by atoms with E-state index in [1.165, 1.54) is 11.1 Å². The van der Waals surface area contributed by atoms with Gasteiger partial charge in [0, 0.05) is 17.1 Å². The van der Waals surface area contributed by atoms with Crippen molar-refractivity contribution in [1.29, 1.82) is 0 Å². The van der Waals surface area contributed by atoms with Crippen molar-refractivity contribution in [3.63, 3.8) is 0 Å². The Morgan fingerprint density at radius 2 is 1.88 bits per heavy atom. The van der Waals surface area contributed by atoms with Crippen LogP contribution < -0.4 is 5.32 Å². The quantitative estimate of drug-likeness (QED) is 0.797. The Bertz CT molecular complexity index is 830. The summed E-state index contributed by atoms with van der Waals surface area (Å²) in [5.74, 6) is 0.562. The summed E-state index contributed by atoms with van der Waals surface area (Å²) in [6.45, 7) is 10.8. The first-order valence-electron chi connectivity index (χ1n) is 8.87. The molecule has 0 radical (unpaired) electrons. The molecule has 1 aliphatic rings. The zero-order valence-corrected chi connectivity index (χ0v) is 16.7. The molecule has 1 aliphatic heterocycles. The third kappa shape index (κ3) is 3.83. The Kier molecular flexibility index (Phi) is 4.93. The van der Waals surface area contributed by atoms with Crippen molar-refractivity contribution in [2.45, 2.75) is 59.2 Å². The van der Waals surface area contributed by atoms with Gasteiger partial charge in [0.05, 0.1) is 6.54 Å². The molecule has 0 saturated heterocycles. The SMILES string of the molecule is Cc1ccc(CC(C)(C)Nc2nc(Cl)nc3c2CN(C(C)C)C3=O)cc1. The molecule has 1 N–H and O–H groups in total. The minimum Gasteiger partial charge on any atom is -0.364 e. The van der Waals surface area contributed by atoms with Gasteiger partial charge in [-0.2, -0.15) is 0 Å². The van der Waals surface area contributed by atoms with E-state index in [-0.39, 0.29) is 22.8 Å². The first-order chi connectivity index (χ1) is 12.2. The van der Waals surface area contributed by atoms with Gasteiger partial charge in [-0.15, -0.1) is 0 Å². The fourth-order valence-corrected chi connectivity index (χ4v) is 3.43. The minimum absolute atomic E-state index is 0.0845. The molecule has 1 amide bonds. The Morgan fingerprint density at radius 1 is 1.23 bits per heavy atom. The molecule has 6 heteroatoms. The van der Waals surface area contributed by atoms with Crippen molar-refractivity contribution >= 4 is 23.3 Å². The van der Waals surface area contributed by atoms with Crippen LogP contribution in [0, 0.1) is 6.92 Å². The second-order valence-corrected chi connectivity index (χ2v) is 8.20. The number of rotatable bonds is 5.